The van der Waals surface area contributed by atoms with Crippen LogP contribution in [0.1, 0.15) is 13.8 Å². The molecular weight excluding hydrogens is 447 g/mol. The number of benzene rings is 2. The third kappa shape index (κ3) is 5.29. The van der Waals surface area contributed by atoms with Crippen LogP contribution in [0.4, 0.5) is 23.1 Å². The molecule has 10 heteroatoms. The molecule has 2 N–H and O–H groups in total. The molecule has 8 nitrogen and oxygen atoms in total. The van der Waals surface area contributed by atoms with Gasteiger partial charge in [-0.3, -0.25) is 0 Å². The van der Waals surface area contributed by atoms with Gasteiger partial charge in [0, 0.05) is 11.5 Å². The number of hydrogen-bond donors (Lipinski definition) is 2. The first-order valence-electron chi connectivity index (χ1n) is 9.96. The SMILES string of the molecule is COc1cc(P(C)(C)=O)ccc1Nc1nccc(Nc2ccccc2S(=O)(=O)C(C)C)n1. The van der Waals surface area contributed by atoms with Crippen LogP contribution >= 0.6 is 7.14 Å². The van der Waals surface area contributed by atoms with Crippen LogP contribution in [0.5, 0.6) is 5.75 Å². The van der Waals surface area contributed by atoms with Crippen molar-refractivity contribution >= 4 is 45.4 Å². The summed E-state index contributed by atoms with van der Waals surface area (Å²) in [5.41, 5.74) is 1.05. The number of nitrogens with one attached hydrogen (secondary N) is 2. The molecule has 1 aromatic heterocycles. The second kappa shape index (κ2) is 9.30. The van der Waals surface area contributed by atoms with Crippen molar-refractivity contribution in [1.82, 2.24) is 9.97 Å². The molecule has 170 valence electrons. The maximum atomic E-state index is 12.7. The molecule has 32 heavy (non-hydrogen) atoms. The van der Waals surface area contributed by atoms with Crippen molar-refractivity contribution in [2.45, 2.75) is 24.0 Å². The van der Waals surface area contributed by atoms with E-state index in [4.69, 9.17) is 4.74 Å². The van der Waals surface area contributed by atoms with Crippen molar-refractivity contribution in [2.75, 3.05) is 31.1 Å². The molecule has 0 radical (unpaired) electrons. The maximum absolute atomic E-state index is 12.7. The maximum Gasteiger partial charge on any atom is 0.229 e. The number of nitrogens with zero attached hydrogens (tertiary/aromatic N) is 2. The molecule has 0 atom stereocenters. The van der Waals surface area contributed by atoms with E-state index in [0.717, 1.165) is 0 Å². The lowest BCUT2D eigenvalue weighted by atomic mass is 10.3. The largest absolute Gasteiger partial charge is 0.495 e. The van der Waals surface area contributed by atoms with Gasteiger partial charge in [-0.2, -0.15) is 4.98 Å². The van der Waals surface area contributed by atoms with Crippen LogP contribution in [0.25, 0.3) is 0 Å². The lowest BCUT2D eigenvalue weighted by molar-refractivity contribution is 0.417. The summed E-state index contributed by atoms with van der Waals surface area (Å²) in [7, 11) is -4.37. The van der Waals surface area contributed by atoms with E-state index >= 15 is 0 Å². The minimum atomic E-state index is -3.47. The van der Waals surface area contributed by atoms with Crippen molar-refractivity contribution in [1.29, 1.82) is 0 Å². The molecule has 0 amide bonds. The molecule has 0 saturated heterocycles. The third-order valence-electron chi connectivity index (χ3n) is 4.79. The lowest BCUT2D eigenvalue weighted by Gasteiger charge is -2.15. The number of ether oxygens (including phenoxy) is 1. The van der Waals surface area contributed by atoms with Crippen LogP contribution in [0.3, 0.4) is 0 Å². The monoisotopic (exact) mass is 474 g/mol. The van der Waals surface area contributed by atoms with Gasteiger partial charge in [-0.1, -0.05) is 12.1 Å². The molecular formula is C22H27N4O4PS. The minimum absolute atomic E-state index is 0.212. The second-order valence-electron chi connectivity index (χ2n) is 7.84. The predicted molar refractivity (Wildman–Crippen MR) is 129 cm³/mol. The molecule has 3 rings (SSSR count). The highest BCUT2D eigenvalue weighted by Gasteiger charge is 2.22. The van der Waals surface area contributed by atoms with Crippen molar-refractivity contribution in [3.63, 3.8) is 0 Å². The van der Waals surface area contributed by atoms with Crippen LogP contribution in [0.15, 0.2) is 59.6 Å². The van der Waals surface area contributed by atoms with E-state index in [1.807, 2.05) is 0 Å². The Morgan fingerprint density at radius 1 is 1.00 bits per heavy atom. The van der Waals surface area contributed by atoms with E-state index in [-0.39, 0.29) is 4.90 Å². The van der Waals surface area contributed by atoms with Gasteiger partial charge >= 0.3 is 0 Å². The van der Waals surface area contributed by atoms with Crippen LogP contribution in [0.2, 0.25) is 0 Å². The molecule has 2 aromatic carbocycles. The van der Waals surface area contributed by atoms with E-state index in [2.05, 4.69) is 20.6 Å². The summed E-state index contributed by atoms with van der Waals surface area (Å²) in [6, 6.07) is 13.6. The minimum Gasteiger partial charge on any atom is -0.495 e. The zero-order chi connectivity index (χ0) is 23.5. The molecule has 3 aromatic rings. The van der Waals surface area contributed by atoms with Gasteiger partial charge in [-0.05, 0) is 63.6 Å². The van der Waals surface area contributed by atoms with Crippen LogP contribution in [-0.2, 0) is 14.4 Å². The first kappa shape index (κ1) is 23.8. The Labute approximate surface area is 188 Å². The Bertz CT molecular complexity index is 1270. The molecule has 0 bridgehead atoms. The summed E-state index contributed by atoms with van der Waals surface area (Å²) in [5, 5.41) is 6.33. The van der Waals surface area contributed by atoms with Crippen LogP contribution < -0.4 is 20.7 Å². The molecule has 0 spiro atoms. The summed E-state index contributed by atoms with van der Waals surface area (Å²) in [5.74, 6) is 1.24. The fourth-order valence-electron chi connectivity index (χ4n) is 2.94. The highest BCUT2D eigenvalue weighted by Crippen LogP contribution is 2.38. The quantitative estimate of drug-likeness (QED) is 0.462. The zero-order valence-corrected chi connectivity index (χ0v) is 20.4. The topological polar surface area (TPSA) is 110 Å². The summed E-state index contributed by atoms with van der Waals surface area (Å²) in [6.07, 6.45) is 1.56. The number of methoxy groups -OCH3 is 1. The smallest absolute Gasteiger partial charge is 0.229 e. The number of anilines is 4. The summed E-state index contributed by atoms with van der Waals surface area (Å²) < 4.78 is 43.2. The summed E-state index contributed by atoms with van der Waals surface area (Å²) >= 11 is 0. The average Bonchev–Trinajstić information content (AvgIpc) is 2.73. The Morgan fingerprint density at radius 3 is 2.38 bits per heavy atom. The lowest BCUT2D eigenvalue weighted by Crippen LogP contribution is -2.15. The summed E-state index contributed by atoms with van der Waals surface area (Å²) in [4.78, 5) is 8.88. The fourth-order valence-corrected chi connectivity index (χ4v) is 5.00. The van der Waals surface area contributed by atoms with Crippen molar-refractivity contribution in [3.8, 4) is 5.75 Å². The number of sulfone groups is 1. The molecule has 0 aliphatic rings. The molecule has 1 heterocycles. The average molecular weight is 475 g/mol. The van der Waals surface area contributed by atoms with Gasteiger partial charge in [-0.25, -0.2) is 13.4 Å². The van der Waals surface area contributed by atoms with E-state index < -0.39 is 22.2 Å². The zero-order valence-electron chi connectivity index (χ0n) is 18.7. The number of rotatable bonds is 8. The molecule has 0 saturated carbocycles. The van der Waals surface area contributed by atoms with Crippen LogP contribution in [-0.4, -0.2) is 44.1 Å². The molecule has 0 aliphatic heterocycles. The van der Waals surface area contributed by atoms with Gasteiger partial charge in [0.15, 0.2) is 9.84 Å². The third-order valence-corrected chi connectivity index (χ3v) is 8.52. The van der Waals surface area contributed by atoms with E-state index in [9.17, 15) is 13.0 Å². The van der Waals surface area contributed by atoms with Gasteiger partial charge in [0.2, 0.25) is 5.95 Å². The van der Waals surface area contributed by atoms with Crippen molar-refractivity contribution in [3.05, 3.63) is 54.7 Å². The van der Waals surface area contributed by atoms with E-state index in [1.54, 1.807) is 81.9 Å². The summed E-state index contributed by atoms with van der Waals surface area (Å²) in [6.45, 7) is 6.69. The Balaban J connectivity index is 1.89. The van der Waals surface area contributed by atoms with Crippen LogP contribution in [0, 0.1) is 0 Å². The Hall–Kier alpha value is -2.90. The van der Waals surface area contributed by atoms with Gasteiger partial charge in [0.25, 0.3) is 0 Å². The number of para-hydroxylation sites is 1. The number of hydrogen-bond acceptors (Lipinski definition) is 8. The predicted octanol–water partition coefficient (Wildman–Crippen LogP) is 4.40. The first-order valence-corrected chi connectivity index (χ1v) is 14.1. The van der Waals surface area contributed by atoms with Gasteiger partial charge < -0.3 is 19.9 Å². The van der Waals surface area contributed by atoms with Crippen molar-refractivity contribution in [2.24, 2.45) is 0 Å². The standard InChI is InChI=1S/C22H27N4O4PS/c1-15(2)32(28,29)20-9-7-6-8-18(20)24-21-12-13-23-22(26-21)25-17-11-10-16(31(4,5)27)14-19(17)30-3/h6-15H,1-5H3,(H2,23,24,25,26). The van der Waals surface area contributed by atoms with Gasteiger partial charge in [0.05, 0.1) is 28.6 Å². The molecule has 0 aliphatic carbocycles. The Kier molecular flexibility index (Phi) is 6.91. The normalized spacial score (nSPS) is 11.9. The first-order chi connectivity index (χ1) is 15.0. The second-order valence-corrected chi connectivity index (χ2v) is 13.5. The van der Waals surface area contributed by atoms with Crippen molar-refractivity contribution < 1.29 is 17.7 Å². The Morgan fingerprint density at radius 2 is 1.72 bits per heavy atom. The molecule has 0 fully saturated rings. The highest BCUT2D eigenvalue weighted by molar-refractivity contribution is 7.92. The van der Waals surface area contributed by atoms with E-state index in [1.165, 1.54) is 7.11 Å². The highest BCUT2D eigenvalue weighted by atomic mass is 32.2. The van der Waals surface area contributed by atoms with E-state index in [0.29, 0.717) is 34.2 Å². The fraction of sp³-hybridized carbons (Fsp3) is 0.273. The molecule has 0 unspecified atom stereocenters. The number of aromatic nitrogens is 2. The van der Waals surface area contributed by atoms with Gasteiger partial charge in [-0.15, -0.1) is 0 Å². The van der Waals surface area contributed by atoms with Gasteiger partial charge in [0.1, 0.15) is 18.7 Å².